The summed E-state index contributed by atoms with van der Waals surface area (Å²) in [6.07, 6.45) is 2.96. The lowest BCUT2D eigenvalue weighted by Gasteiger charge is -2.07. The molecule has 0 radical (unpaired) electrons. The minimum atomic E-state index is -3.71. The Bertz CT molecular complexity index is 655. The molecular formula is C11H13FN4O2S. The molecule has 4 N–H and O–H groups in total. The van der Waals surface area contributed by atoms with Gasteiger partial charge in [-0.3, -0.25) is 0 Å². The van der Waals surface area contributed by atoms with Crippen LogP contribution < -0.4 is 10.5 Å². The Balaban J connectivity index is 2.19. The predicted molar refractivity (Wildman–Crippen MR) is 66.9 cm³/mol. The molecule has 1 aromatic carbocycles. The minimum Gasteiger partial charge on any atom is -0.347 e. The fourth-order valence-corrected chi connectivity index (χ4v) is 2.57. The van der Waals surface area contributed by atoms with Crippen LogP contribution in [-0.4, -0.2) is 18.4 Å². The predicted octanol–water partition coefficient (Wildman–Crippen LogP) is 0.486. The first-order chi connectivity index (χ1) is 9.03. The number of hydrogen-bond donors (Lipinski definition) is 3. The van der Waals surface area contributed by atoms with Crippen LogP contribution in [0.15, 0.2) is 35.6 Å². The summed E-state index contributed by atoms with van der Waals surface area (Å²) in [7, 11) is -3.71. The molecular weight excluding hydrogens is 271 g/mol. The Morgan fingerprint density at radius 1 is 1.42 bits per heavy atom. The molecule has 1 heterocycles. The molecule has 0 spiro atoms. The fourth-order valence-electron chi connectivity index (χ4n) is 1.51. The number of benzene rings is 1. The topological polar surface area (TPSA) is 101 Å². The van der Waals surface area contributed by atoms with Gasteiger partial charge in [0, 0.05) is 24.0 Å². The van der Waals surface area contributed by atoms with Crippen molar-refractivity contribution in [2.75, 3.05) is 0 Å². The summed E-state index contributed by atoms with van der Waals surface area (Å²) < 4.78 is 39.6. The second-order valence-electron chi connectivity index (χ2n) is 3.86. The maximum Gasteiger partial charge on any atom is 0.240 e. The molecule has 0 unspecified atom stereocenters. The Labute approximate surface area is 109 Å². The van der Waals surface area contributed by atoms with Crippen LogP contribution in [0.5, 0.6) is 0 Å². The largest absolute Gasteiger partial charge is 0.347 e. The van der Waals surface area contributed by atoms with Crippen LogP contribution in [0.25, 0.3) is 0 Å². The summed E-state index contributed by atoms with van der Waals surface area (Å²) >= 11 is 0. The van der Waals surface area contributed by atoms with E-state index in [9.17, 15) is 12.8 Å². The third kappa shape index (κ3) is 3.16. The third-order valence-corrected chi connectivity index (χ3v) is 3.95. The average molecular weight is 284 g/mol. The van der Waals surface area contributed by atoms with E-state index in [1.165, 1.54) is 24.7 Å². The maximum absolute atomic E-state index is 13.3. The van der Waals surface area contributed by atoms with E-state index in [0.717, 1.165) is 6.07 Å². The number of halogens is 1. The summed E-state index contributed by atoms with van der Waals surface area (Å²) in [6, 6.07) is 3.52. The quantitative estimate of drug-likeness (QED) is 0.743. The molecule has 0 saturated heterocycles. The van der Waals surface area contributed by atoms with Gasteiger partial charge in [-0.2, -0.15) is 0 Å². The molecule has 6 nitrogen and oxygen atoms in total. The van der Waals surface area contributed by atoms with Crippen molar-refractivity contribution in [3.63, 3.8) is 0 Å². The number of aromatic amines is 1. The summed E-state index contributed by atoms with van der Waals surface area (Å²) in [6.45, 7) is 0.0212. The van der Waals surface area contributed by atoms with E-state index in [1.54, 1.807) is 0 Å². The molecule has 0 amide bonds. The van der Waals surface area contributed by atoms with E-state index in [0.29, 0.717) is 5.69 Å². The lowest BCUT2D eigenvalue weighted by Crippen LogP contribution is -2.23. The number of nitrogens with one attached hydrogen (secondary N) is 2. The van der Waals surface area contributed by atoms with Crippen molar-refractivity contribution in [1.29, 1.82) is 0 Å². The lowest BCUT2D eigenvalue weighted by atomic mass is 10.2. The number of H-pyrrole nitrogens is 1. The zero-order valence-corrected chi connectivity index (χ0v) is 10.7. The summed E-state index contributed by atoms with van der Waals surface area (Å²) in [4.78, 5) is 6.53. The molecule has 0 atom stereocenters. The highest BCUT2D eigenvalue weighted by atomic mass is 32.2. The maximum atomic E-state index is 13.3. The Morgan fingerprint density at radius 2 is 2.21 bits per heavy atom. The lowest BCUT2D eigenvalue weighted by molar-refractivity contribution is 0.578. The minimum absolute atomic E-state index is 0.0196. The molecule has 102 valence electrons. The molecule has 0 saturated carbocycles. The number of nitrogens with zero attached hydrogens (tertiary/aromatic N) is 1. The standard InChI is InChI=1S/C11H13FN4O2S/c12-11-2-1-10(3-8(11)4-13)19(17,18)16-6-9-5-14-7-15-9/h1-3,5,7,16H,4,6,13H2,(H,14,15). The van der Waals surface area contributed by atoms with Gasteiger partial charge in [0.05, 0.1) is 17.8 Å². The van der Waals surface area contributed by atoms with Crippen LogP contribution in [0.1, 0.15) is 11.3 Å². The average Bonchev–Trinajstić information content (AvgIpc) is 2.90. The highest BCUT2D eigenvalue weighted by molar-refractivity contribution is 7.89. The number of hydrogen-bond acceptors (Lipinski definition) is 4. The van der Waals surface area contributed by atoms with Gasteiger partial charge in [-0.1, -0.05) is 0 Å². The Morgan fingerprint density at radius 3 is 2.84 bits per heavy atom. The van der Waals surface area contributed by atoms with Crippen molar-refractivity contribution in [2.45, 2.75) is 18.0 Å². The second kappa shape index (κ2) is 5.47. The van der Waals surface area contributed by atoms with Gasteiger partial charge >= 0.3 is 0 Å². The van der Waals surface area contributed by atoms with Gasteiger partial charge in [0.15, 0.2) is 0 Å². The highest BCUT2D eigenvalue weighted by Crippen LogP contribution is 2.14. The smallest absolute Gasteiger partial charge is 0.240 e. The van der Waals surface area contributed by atoms with E-state index in [4.69, 9.17) is 5.73 Å². The SMILES string of the molecule is NCc1cc(S(=O)(=O)NCc2cnc[nH]2)ccc1F. The van der Waals surface area contributed by atoms with Gasteiger partial charge in [-0.05, 0) is 18.2 Å². The Hall–Kier alpha value is -1.77. The van der Waals surface area contributed by atoms with E-state index in [2.05, 4.69) is 14.7 Å². The van der Waals surface area contributed by atoms with Gasteiger partial charge in [0.1, 0.15) is 5.82 Å². The third-order valence-electron chi connectivity index (χ3n) is 2.55. The molecule has 0 bridgehead atoms. The number of aromatic nitrogens is 2. The first kappa shape index (κ1) is 13.7. The number of rotatable bonds is 5. The molecule has 1 aromatic heterocycles. The summed E-state index contributed by atoms with van der Waals surface area (Å²) in [5, 5.41) is 0. The van der Waals surface area contributed by atoms with Gasteiger partial charge in [0.25, 0.3) is 0 Å². The zero-order valence-electron chi connectivity index (χ0n) is 9.93. The van der Waals surface area contributed by atoms with E-state index in [-0.39, 0.29) is 23.5 Å². The second-order valence-corrected chi connectivity index (χ2v) is 5.63. The molecule has 0 aliphatic heterocycles. The van der Waals surface area contributed by atoms with Crippen molar-refractivity contribution in [1.82, 2.24) is 14.7 Å². The Kier molecular flexibility index (Phi) is 3.93. The summed E-state index contributed by atoms with van der Waals surface area (Å²) in [5.74, 6) is -0.519. The van der Waals surface area contributed by atoms with E-state index < -0.39 is 15.8 Å². The van der Waals surface area contributed by atoms with Crippen molar-refractivity contribution in [3.8, 4) is 0 Å². The van der Waals surface area contributed by atoms with Gasteiger partial charge < -0.3 is 10.7 Å². The summed E-state index contributed by atoms with van der Waals surface area (Å²) in [5.41, 5.74) is 6.13. The number of nitrogens with two attached hydrogens (primary N) is 1. The van der Waals surface area contributed by atoms with Crippen LogP contribution in [-0.2, 0) is 23.1 Å². The zero-order chi connectivity index (χ0) is 13.9. The van der Waals surface area contributed by atoms with E-state index >= 15 is 0 Å². The first-order valence-electron chi connectivity index (χ1n) is 5.48. The van der Waals surface area contributed by atoms with Crippen LogP contribution in [0.2, 0.25) is 0 Å². The van der Waals surface area contributed by atoms with Gasteiger partial charge in [0.2, 0.25) is 10.0 Å². The van der Waals surface area contributed by atoms with Crippen LogP contribution in [0.4, 0.5) is 4.39 Å². The van der Waals surface area contributed by atoms with Crippen LogP contribution in [0.3, 0.4) is 0 Å². The van der Waals surface area contributed by atoms with Crippen molar-refractivity contribution in [2.24, 2.45) is 5.73 Å². The molecule has 19 heavy (non-hydrogen) atoms. The van der Waals surface area contributed by atoms with Crippen molar-refractivity contribution < 1.29 is 12.8 Å². The van der Waals surface area contributed by atoms with E-state index in [1.807, 2.05) is 0 Å². The van der Waals surface area contributed by atoms with Crippen molar-refractivity contribution >= 4 is 10.0 Å². The van der Waals surface area contributed by atoms with Gasteiger partial charge in [-0.15, -0.1) is 0 Å². The fraction of sp³-hybridized carbons (Fsp3) is 0.182. The number of sulfonamides is 1. The highest BCUT2D eigenvalue weighted by Gasteiger charge is 2.15. The van der Waals surface area contributed by atoms with Crippen LogP contribution in [0, 0.1) is 5.82 Å². The normalized spacial score (nSPS) is 11.7. The molecule has 0 aliphatic rings. The molecule has 2 rings (SSSR count). The van der Waals surface area contributed by atoms with Crippen molar-refractivity contribution in [3.05, 3.63) is 47.8 Å². The monoisotopic (exact) mass is 284 g/mol. The molecule has 0 fully saturated rings. The van der Waals surface area contributed by atoms with Gasteiger partial charge in [-0.25, -0.2) is 22.5 Å². The number of imidazole rings is 1. The molecule has 8 heteroatoms. The first-order valence-corrected chi connectivity index (χ1v) is 6.96. The molecule has 2 aromatic rings. The molecule has 0 aliphatic carbocycles. The van der Waals surface area contributed by atoms with Crippen LogP contribution >= 0.6 is 0 Å².